The molecule has 3 rings (SSSR count). The van der Waals surface area contributed by atoms with Crippen molar-refractivity contribution in [3.05, 3.63) is 101 Å². The lowest BCUT2D eigenvalue weighted by Gasteiger charge is -2.33. The largest absolute Gasteiger partial charge is 0.484 e. The van der Waals surface area contributed by atoms with Crippen molar-refractivity contribution >= 4 is 11.8 Å². The third-order valence-corrected chi connectivity index (χ3v) is 5.39. The lowest BCUT2D eigenvalue weighted by atomic mass is 10.0. The van der Waals surface area contributed by atoms with Crippen LogP contribution in [0.5, 0.6) is 5.75 Å². The zero-order valence-corrected chi connectivity index (χ0v) is 20.8. The number of hydrogen-bond acceptors (Lipinski definition) is 3. The summed E-state index contributed by atoms with van der Waals surface area (Å²) in [5.41, 5.74) is 2.19. The van der Waals surface area contributed by atoms with Crippen LogP contribution in [0.2, 0.25) is 0 Å². The van der Waals surface area contributed by atoms with Crippen LogP contribution in [0.1, 0.15) is 37.5 Å². The van der Waals surface area contributed by atoms with Crippen molar-refractivity contribution in [2.45, 2.75) is 52.2 Å². The second-order valence-electron chi connectivity index (χ2n) is 9.70. The quantitative estimate of drug-likeness (QED) is 0.469. The number of carbonyl (C=O) groups excluding carboxylic acids is 2. The van der Waals surface area contributed by atoms with Gasteiger partial charge in [0.05, 0.1) is 0 Å². The Morgan fingerprint density at radius 2 is 1.63 bits per heavy atom. The highest BCUT2D eigenvalue weighted by molar-refractivity contribution is 5.89. The number of amides is 2. The first-order valence-electron chi connectivity index (χ1n) is 11.7. The molecule has 0 aromatic heterocycles. The van der Waals surface area contributed by atoms with E-state index in [1.54, 1.807) is 18.2 Å². The topological polar surface area (TPSA) is 58.6 Å². The Balaban J connectivity index is 1.92. The summed E-state index contributed by atoms with van der Waals surface area (Å²) in [6.45, 7) is 7.57. The normalized spacial score (nSPS) is 12.0. The van der Waals surface area contributed by atoms with Gasteiger partial charge in [0.15, 0.2) is 6.61 Å². The van der Waals surface area contributed by atoms with Crippen LogP contribution in [0, 0.1) is 12.7 Å². The van der Waals surface area contributed by atoms with E-state index in [0.29, 0.717) is 12.2 Å². The molecule has 0 spiro atoms. The Morgan fingerprint density at radius 1 is 0.943 bits per heavy atom. The van der Waals surface area contributed by atoms with E-state index in [9.17, 15) is 14.0 Å². The molecule has 6 heteroatoms. The fourth-order valence-electron chi connectivity index (χ4n) is 3.73. The van der Waals surface area contributed by atoms with Crippen molar-refractivity contribution in [3.8, 4) is 5.75 Å². The van der Waals surface area contributed by atoms with Crippen LogP contribution in [0.4, 0.5) is 4.39 Å². The van der Waals surface area contributed by atoms with E-state index >= 15 is 0 Å². The number of ether oxygens (including phenoxy) is 1. The van der Waals surface area contributed by atoms with Gasteiger partial charge in [-0.05, 0) is 68.7 Å². The maximum Gasteiger partial charge on any atom is 0.261 e. The molecule has 184 valence electrons. The number of nitrogens with one attached hydrogen (secondary N) is 1. The molecule has 0 aliphatic carbocycles. The molecule has 0 saturated heterocycles. The molecule has 0 radical (unpaired) electrons. The van der Waals surface area contributed by atoms with Crippen molar-refractivity contribution in [2.75, 3.05) is 6.61 Å². The van der Waals surface area contributed by atoms with Gasteiger partial charge >= 0.3 is 0 Å². The van der Waals surface area contributed by atoms with Crippen LogP contribution >= 0.6 is 0 Å². The SMILES string of the molecule is Cc1cccc(OCC(=O)N(Cc2ccc(F)cc2)[C@@H](Cc2ccccc2)C(=O)NC(C)(C)C)c1. The third kappa shape index (κ3) is 8.25. The van der Waals surface area contributed by atoms with Gasteiger partial charge in [-0.2, -0.15) is 0 Å². The van der Waals surface area contributed by atoms with E-state index < -0.39 is 11.6 Å². The molecule has 0 heterocycles. The van der Waals surface area contributed by atoms with Crippen LogP contribution in [0.25, 0.3) is 0 Å². The average molecular weight is 477 g/mol. The molecule has 35 heavy (non-hydrogen) atoms. The highest BCUT2D eigenvalue weighted by atomic mass is 19.1. The summed E-state index contributed by atoms with van der Waals surface area (Å²) in [5, 5.41) is 3.02. The third-order valence-electron chi connectivity index (χ3n) is 5.39. The second kappa shape index (κ2) is 11.6. The lowest BCUT2D eigenvalue weighted by Crippen LogP contribution is -2.55. The highest BCUT2D eigenvalue weighted by Gasteiger charge is 2.32. The van der Waals surface area contributed by atoms with Crippen LogP contribution in [-0.2, 0) is 22.6 Å². The van der Waals surface area contributed by atoms with Crippen LogP contribution < -0.4 is 10.1 Å². The number of carbonyl (C=O) groups is 2. The van der Waals surface area contributed by atoms with Gasteiger partial charge in [0, 0.05) is 18.5 Å². The van der Waals surface area contributed by atoms with Gasteiger partial charge in [0.1, 0.15) is 17.6 Å². The molecule has 0 aliphatic heterocycles. The number of nitrogens with zero attached hydrogens (tertiary/aromatic N) is 1. The van der Waals surface area contributed by atoms with E-state index in [1.165, 1.54) is 17.0 Å². The average Bonchev–Trinajstić information content (AvgIpc) is 2.80. The molecule has 5 nitrogen and oxygen atoms in total. The maximum atomic E-state index is 13.5. The maximum absolute atomic E-state index is 13.5. The van der Waals surface area contributed by atoms with Crippen LogP contribution in [-0.4, -0.2) is 34.9 Å². The van der Waals surface area contributed by atoms with Gasteiger partial charge in [-0.1, -0.05) is 54.6 Å². The van der Waals surface area contributed by atoms with Crippen molar-refractivity contribution in [1.29, 1.82) is 0 Å². The number of halogens is 1. The van der Waals surface area contributed by atoms with Gasteiger partial charge in [0.2, 0.25) is 5.91 Å². The summed E-state index contributed by atoms with van der Waals surface area (Å²) in [7, 11) is 0. The van der Waals surface area contributed by atoms with E-state index in [0.717, 1.165) is 16.7 Å². The number of aryl methyl sites for hydroxylation is 1. The fraction of sp³-hybridized carbons (Fsp3) is 0.310. The Bertz CT molecular complexity index is 1120. The van der Waals surface area contributed by atoms with E-state index in [4.69, 9.17) is 4.74 Å². The Morgan fingerprint density at radius 3 is 2.26 bits per heavy atom. The van der Waals surface area contributed by atoms with E-state index in [1.807, 2.05) is 76.2 Å². The molecule has 0 unspecified atom stereocenters. The summed E-state index contributed by atoms with van der Waals surface area (Å²) < 4.78 is 19.3. The fourth-order valence-corrected chi connectivity index (χ4v) is 3.73. The first kappa shape index (κ1) is 25.9. The zero-order chi connectivity index (χ0) is 25.4. The molecule has 0 aliphatic rings. The summed E-state index contributed by atoms with van der Waals surface area (Å²) in [4.78, 5) is 28.5. The Labute approximate surface area is 206 Å². The molecule has 2 amide bonds. The van der Waals surface area contributed by atoms with Crippen molar-refractivity contribution < 1.29 is 18.7 Å². The van der Waals surface area contributed by atoms with Crippen LogP contribution in [0.3, 0.4) is 0 Å². The number of hydrogen-bond donors (Lipinski definition) is 1. The predicted molar refractivity (Wildman–Crippen MR) is 135 cm³/mol. The highest BCUT2D eigenvalue weighted by Crippen LogP contribution is 2.18. The minimum atomic E-state index is -0.782. The molecular weight excluding hydrogens is 443 g/mol. The molecular formula is C29H33FN2O3. The standard InChI is InChI=1S/C29H33FN2O3/c1-21-9-8-12-25(17-21)35-20-27(33)32(19-23-13-15-24(30)16-14-23)26(28(34)31-29(2,3)4)18-22-10-6-5-7-11-22/h5-17,26H,18-20H2,1-4H3,(H,31,34)/t26-/m0/s1. The van der Waals surface area contributed by atoms with Crippen molar-refractivity contribution in [2.24, 2.45) is 0 Å². The zero-order valence-electron chi connectivity index (χ0n) is 20.8. The van der Waals surface area contributed by atoms with E-state index in [-0.39, 0.29) is 30.8 Å². The first-order valence-corrected chi connectivity index (χ1v) is 11.7. The molecule has 0 fully saturated rings. The minimum absolute atomic E-state index is 0.144. The molecule has 0 bridgehead atoms. The molecule has 1 atom stereocenters. The Hall–Kier alpha value is -3.67. The first-order chi connectivity index (χ1) is 16.6. The minimum Gasteiger partial charge on any atom is -0.484 e. The van der Waals surface area contributed by atoms with Crippen LogP contribution in [0.15, 0.2) is 78.9 Å². The van der Waals surface area contributed by atoms with Crippen molar-refractivity contribution in [3.63, 3.8) is 0 Å². The number of rotatable bonds is 9. The second-order valence-corrected chi connectivity index (χ2v) is 9.70. The molecule has 0 saturated carbocycles. The summed E-state index contributed by atoms with van der Waals surface area (Å²) in [5.74, 6) is -0.368. The van der Waals surface area contributed by atoms with Gasteiger partial charge < -0.3 is 15.0 Å². The predicted octanol–water partition coefficient (Wildman–Crippen LogP) is 5.07. The molecule has 3 aromatic rings. The van der Waals surface area contributed by atoms with Gasteiger partial charge in [-0.25, -0.2) is 4.39 Å². The summed E-state index contributed by atoms with van der Waals surface area (Å²) in [6, 6.07) is 22.2. The Kier molecular flexibility index (Phi) is 8.63. The lowest BCUT2D eigenvalue weighted by molar-refractivity contribution is -0.143. The number of benzene rings is 3. The molecule has 1 N–H and O–H groups in total. The smallest absolute Gasteiger partial charge is 0.261 e. The van der Waals surface area contributed by atoms with Gasteiger partial charge in [0.25, 0.3) is 5.91 Å². The summed E-state index contributed by atoms with van der Waals surface area (Å²) >= 11 is 0. The van der Waals surface area contributed by atoms with Crippen molar-refractivity contribution in [1.82, 2.24) is 10.2 Å². The van der Waals surface area contributed by atoms with Gasteiger partial charge in [-0.3, -0.25) is 9.59 Å². The molecule has 3 aromatic carbocycles. The monoisotopic (exact) mass is 476 g/mol. The van der Waals surface area contributed by atoms with E-state index in [2.05, 4.69) is 5.32 Å². The summed E-state index contributed by atoms with van der Waals surface area (Å²) in [6.07, 6.45) is 0.333. The van der Waals surface area contributed by atoms with Gasteiger partial charge in [-0.15, -0.1) is 0 Å².